The molecule has 0 aromatic heterocycles. The van der Waals surface area contributed by atoms with E-state index in [1.54, 1.807) is 7.11 Å². The molecule has 0 bridgehead atoms. The van der Waals surface area contributed by atoms with Gasteiger partial charge < -0.3 is 10.1 Å². The minimum atomic E-state index is 0.187. The van der Waals surface area contributed by atoms with E-state index < -0.39 is 0 Å². The molecule has 0 aromatic carbocycles. The van der Waals surface area contributed by atoms with Crippen molar-refractivity contribution in [3.05, 3.63) is 0 Å². The first kappa shape index (κ1) is 13.9. The summed E-state index contributed by atoms with van der Waals surface area (Å²) in [4.78, 5) is 2.44. The highest BCUT2D eigenvalue weighted by atomic mass is 16.5. The second-order valence-electron chi connectivity index (χ2n) is 6.12. The van der Waals surface area contributed by atoms with Crippen LogP contribution in [-0.4, -0.2) is 50.3 Å². The molecule has 1 aliphatic carbocycles. The van der Waals surface area contributed by atoms with Gasteiger partial charge in [0, 0.05) is 31.8 Å². The number of likely N-dealkylation sites (N-methyl/N-ethyl adjacent to an activating group) is 1. The summed E-state index contributed by atoms with van der Waals surface area (Å²) in [5.74, 6) is 0.944. The maximum Gasteiger partial charge on any atom is 0.0630 e. The zero-order chi connectivity index (χ0) is 12.2. The van der Waals surface area contributed by atoms with Crippen molar-refractivity contribution in [3.8, 4) is 0 Å². The Morgan fingerprint density at radius 1 is 1.38 bits per heavy atom. The van der Waals surface area contributed by atoms with Gasteiger partial charge in [0.25, 0.3) is 0 Å². The van der Waals surface area contributed by atoms with Crippen LogP contribution in [0.3, 0.4) is 0 Å². The Kier molecular flexibility index (Phi) is 5.22. The smallest absolute Gasteiger partial charge is 0.0630 e. The SMILES string of the molecule is COCC(CNC(C)(C)C)N(C)CC1CC1. The van der Waals surface area contributed by atoms with E-state index in [9.17, 15) is 0 Å². The Morgan fingerprint density at radius 3 is 2.44 bits per heavy atom. The number of rotatable bonds is 7. The first-order valence-corrected chi connectivity index (χ1v) is 6.36. The van der Waals surface area contributed by atoms with Gasteiger partial charge in [-0.1, -0.05) is 0 Å². The van der Waals surface area contributed by atoms with E-state index in [-0.39, 0.29) is 5.54 Å². The molecular weight excluding hydrogens is 200 g/mol. The maximum absolute atomic E-state index is 5.31. The first-order valence-electron chi connectivity index (χ1n) is 6.36. The standard InChI is InChI=1S/C13H28N2O/c1-13(2,3)14-8-12(10-16-5)15(4)9-11-6-7-11/h11-12,14H,6-10H2,1-5H3. The quantitative estimate of drug-likeness (QED) is 0.718. The van der Waals surface area contributed by atoms with Crippen molar-refractivity contribution in [1.82, 2.24) is 10.2 Å². The summed E-state index contributed by atoms with van der Waals surface area (Å²) in [5, 5.41) is 3.56. The Morgan fingerprint density at radius 2 is 2.00 bits per heavy atom. The average molecular weight is 228 g/mol. The summed E-state index contributed by atoms with van der Waals surface area (Å²) in [5.41, 5.74) is 0.187. The summed E-state index contributed by atoms with van der Waals surface area (Å²) < 4.78 is 5.31. The highest BCUT2D eigenvalue weighted by Crippen LogP contribution is 2.29. The Balaban J connectivity index is 2.32. The van der Waals surface area contributed by atoms with Crippen molar-refractivity contribution >= 4 is 0 Å². The monoisotopic (exact) mass is 228 g/mol. The molecule has 3 heteroatoms. The molecular formula is C13H28N2O. The Bertz CT molecular complexity index is 197. The summed E-state index contributed by atoms with van der Waals surface area (Å²) in [6.07, 6.45) is 2.83. The largest absolute Gasteiger partial charge is 0.383 e. The van der Waals surface area contributed by atoms with Crippen molar-refractivity contribution in [2.24, 2.45) is 5.92 Å². The summed E-state index contributed by atoms with van der Waals surface area (Å²) in [6, 6.07) is 0.491. The molecule has 0 aliphatic heterocycles. The van der Waals surface area contributed by atoms with Crippen LogP contribution in [0.25, 0.3) is 0 Å². The molecule has 1 aliphatic rings. The van der Waals surface area contributed by atoms with E-state index in [0.717, 1.165) is 19.1 Å². The third kappa shape index (κ3) is 5.83. The summed E-state index contributed by atoms with van der Waals surface area (Å²) in [6.45, 7) is 9.65. The van der Waals surface area contributed by atoms with Gasteiger partial charge in [0.15, 0.2) is 0 Å². The van der Waals surface area contributed by atoms with Crippen molar-refractivity contribution < 1.29 is 4.74 Å². The molecule has 0 spiro atoms. The van der Waals surface area contributed by atoms with Gasteiger partial charge in [0.05, 0.1) is 6.61 Å². The van der Waals surface area contributed by atoms with Crippen LogP contribution in [0.4, 0.5) is 0 Å². The lowest BCUT2D eigenvalue weighted by atomic mass is 10.1. The molecule has 0 heterocycles. The lowest BCUT2D eigenvalue weighted by molar-refractivity contribution is 0.0985. The van der Waals surface area contributed by atoms with Crippen molar-refractivity contribution in [2.45, 2.75) is 45.2 Å². The van der Waals surface area contributed by atoms with Crippen LogP contribution in [0, 0.1) is 5.92 Å². The molecule has 96 valence electrons. The van der Waals surface area contributed by atoms with Gasteiger partial charge >= 0.3 is 0 Å². The number of hydrogen-bond donors (Lipinski definition) is 1. The Labute approximate surface area is 101 Å². The van der Waals surface area contributed by atoms with Gasteiger partial charge in [0.2, 0.25) is 0 Å². The third-order valence-electron chi connectivity index (χ3n) is 3.09. The highest BCUT2D eigenvalue weighted by molar-refractivity contribution is 4.82. The number of nitrogens with one attached hydrogen (secondary N) is 1. The molecule has 0 amide bonds. The predicted molar refractivity (Wildman–Crippen MR) is 68.8 cm³/mol. The molecule has 0 radical (unpaired) electrons. The van der Waals surface area contributed by atoms with E-state index >= 15 is 0 Å². The summed E-state index contributed by atoms with van der Waals surface area (Å²) in [7, 11) is 4.00. The van der Waals surface area contributed by atoms with Gasteiger partial charge in [-0.3, -0.25) is 4.90 Å². The molecule has 1 unspecified atom stereocenters. The van der Waals surface area contributed by atoms with Gasteiger partial charge in [-0.2, -0.15) is 0 Å². The third-order valence-corrected chi connectivity index (χ3v) is 3.09. The fourth-order valence-corrected chi connectivity index (χ4v) is 1.82. The number of ether oxygens (including phenoxy) is 1. The zero-order valence-corrected chi connectivity index (χ0v) is 11.5. The van der Waals surface area contributed by atoms with E-state index in [1.165, 1.54) is 19.4 Å². The van der Waals surface area contributed by atoms with E-state index in [0.29, 0.717) is 6.04 Å². The van der Waals surface area contributed by atoms with Crippen molar-refractivity contribution in [3.63, 3.8) is 0 Å². The topological polar surface area (TPSA) is 24.5 Å². The van der Waals surface area contributed by atoms with Gasteiger partial charge in [0.1, 0.15) is 0 Å². The number of methoxy groups -OCH3 is 1. The molecule has 3 nitrogen and oxygen atoms in total. The lowest BCUT2D eigenvalue weighted by Crippen LogP contribution is -2.48. The van der Waals surface area contributed by atoms with Crippen LogP contribution < -0.4 is 5.32 Å². The van der Waals surface area contributed by atoms with E-state index in [2.05, 4.69) is 38.0 Å². The van der Waals surface area contributed by atoms with Gasteiger partial charge in [-0.25, -0.2) is 0 Å². The van der Waals surface area contributed by atoms with Crippen LogP contribution >= 0.6 is 0 Å². The number of nitrogens with zero attached hydrogens (tertiary/aromatic N) is 1. The normalized spacial score (nSPS) is 19.1. The lowest BCUT2D eigenvalue weighted by Gasteiger charge is -2.31. The second kappa shape index (κ2) is 5.99. The predicted octanol–water partition coefficient (Wildman–Crippen LogP) is 1.73. The molecule has 0 saturated heterocycles. The molecule has 1 N–H and O–H groups in total. The molecule has 16 heavy (non-hydrogen) atoms. The first-order chi connectivity index (χ1) is 7.42. The molecule has 1 saturated carbocycles. The maximum atomic E-state index is 5.31. The second-order valence-corrected chi connectivity index (χ2v) is 6.12. The van der Waals surface area contributed by atoms with E-state index in [4.69, 9.17) is 4.74 Å². The van der Waals surface area contributed by atoms with Crippen LogP contribution in [0.1, 0.15) is 33.6 Å². The van der Waals surface area contributed by atoms with Crippen molar-refractivity contribution in [1.29, 1.82) is 0 Å². The molecule has 1 fully saturated rings. The fraction of sp³-hybridized carbons (Fsp3) is 1.00. The van der Waals surface area contributed by atoms with Gasteiger partial charge in [-0.15, -0.1) is 0 Å². The highest BCUT2D eigenvalue weighted by Gasteiger charge is 2.26. The van der Waals surface area contributed by atoms with Crippen LogP contribution in [0.5, 0.6) is 0 Å². The van der Waals surface area contributed by atoms with Crippen LogP contribution in [0.15, 0.2) is 0 Å². The summed E-state index contributed by atoms with van der Waals surface area (Å²) >= 11 is 0. The van der Waals surface area contributed by atoms with Gasteiger partial charge in [-0.05, 0) is 46.6 Å². The van der Waals surface area contributed by atoms with Crippen LogP contribution in [-0.2, 0) is 4.74 Å². The van der Waals surface area contributed by atoms with E-state index in [1.807, 2.05) is 0 Å². The van der Waals surface area contributed by atoms with Crippen LogP contribution in [0.2, 0.25) is 0 Å². The average Bonchev–Trinajstić information content (AvgIpc) is 2.94. The Hall–Kier alpha value is -0.120. The fourth-order valence-electron chi connectivity index (χ4n) is 1.82. The minimum Gasteiger partial charge on any atom is -0.383 e. The minimum absolute atomic E-state index is 0.187. The number of hydrogen-bond acceptors (Lipinski definition) is 3. The molecule has 1 atom stereocenters. The van der Waals surface area contributed by atoms with Crippen molar-refractivity contribution in [2.75, 3.05) is 33.9 Å². The molecule has 0 aromatic rings. The zero-order valence-electron chi connectivity index (χ0n) is 11.5. The molecule has 1 rings (SSSR count).